The molecule has 0 aliphatic rings. The fourth-order valence-corrected chi connectivity index (χ4v) is 3.27. The van der Waals surface area contributed by atoms with Gasteiger partial charge in [0.15, 0.2) is 0 Å². The SMILES string of the molecule is CC/C=C/[C@H](CC)C/C(C)=C/[C@@](O)(CC)C[C@@H](CC)[C@H](O)CC(=O)O. The number of carboxylic acids is 1. The molecule has 146 valence electrons. The van der Waals surface area contributed by atoms with Crippen molar-refractivity contribution in [3.8, 4) is 0 Å². The number of hydrogen-bond acceptors (Lipinski definition) is 3. The number of hydrogen-bond donors (Lipinski definition) is 3. The second kappa shape index (κ2) is 12.3. The predicted molar refractivity (Wildman–Crippen MR) is 103 cm³/mol. The average molecular weight is 355 g/mol. The second-order valence-corrected chi connectivity index (χ2v) is 7.19. The summed E-state index contributed by atoms with van der Waals surface area (Å²) < 4.78 is 0. The van der Waals surface area contributed by atoms with E-state index in [0.29, 0.717) is 25.2 Å². The Morgan fingerprint density at radius 2 is 1.76 bits per heavy atom. The zero-order chi connectivity index (χ0) is 19.5. The van der Waals surface area contributed by atoms with Crippen LogP contribution >= 0.6 is 0 Å². The van der Waals surface area contributed by atoms with Crippen LogP contribution in [0.1, 0.15) is 79.6 Å². The molecule has 0 heterocycles. The van der Waals surface area contributed by atoms with Crippen LogP contribution < -0.4 is 0 Å². The smallest absolute Gasteiger partial charge is 0.305 e. The van der Waals surface area contributed by atoms with E-state index in [1.54, 1.807) is 0 Å². The summed E-state index contributed by atoms with van der Waals surface area (Å²) >= 11 is 0. The highest BCUT2D eigenvalue weighted by atomic mass is 16.4. The summed E-state index contributed by atoms with van der Waals surface area (Å²) in [7, 11) is 0. The van der Waals surface area contributed by atoms with E-state index in [2.05, 4.69) is 26.0 Å². The molecule has 0 spiro atoms. The molecule has 0 rings (SSSR count). The topological polar surface area (TPSA) is 77.8 Å². The van der Waals surface area contributed by atoms with Crippen molar-refractivity contribution in [3.05, 3.63) is 23.8 Å². The molecule has 25 heavy (non-hydrogen) atoms. The maximum Gasteiger partial charge on any atom is 0.305 e. The third-order valence-corrected chi connectivity index (χ3v) is 4.95. The van der Waals surface area contributed by atoms with E-state index in [1.165, 1.54) is 0 Å². The molecule has 3 N–H and O–H groups in total. The Morgan fingerprint density at radius 1 is 1.12 bits per heavy atom. The highest BCUT2D eigenvalue weighted by molar-refractivity contribution is 5.67. The summed E-state index contributed by atoms with van der Waals surface area (Å²) in [4.78, 5) is 10.8. The van der Waals surface area contributed by atoms with E-state index >= 15 is 0 Å². The van der Waals surface area contributed by atoms with Crippen LogP contribution in [0.4, 0.5) is 0 Å². The van der Waals surface area contributed by atoms with Crippen LogP contribution in [0.25, 0.3) is 0 Å². The monoisotopic (exact) mass is 354 g/mol. The summed E-state index contributed by atoms with van der Waals surface area (Å²) in [6.45, 7) is 10.2. The fourth-order valence-electron chi connectivity index (χ4n) is 3.27. The van der Waals surface area contributed by atoms with Crippen LogP contribution in [0.3, 0.4) is 0 Å². The lowest BCUT2D eigenvalue weighted by Gasteiger charge is -2.31. The minimum absolute atomic E-state index is 0.230. The first kappa shape index (κ1) is 23.9. The molecule has 0 unspecified atom stereocenters. The normalized spacial score (nSPS) is 18.8. The summed E-state index contributed by atoms with van der Waals surface area (Å²) in [6, 6.07) is 0. The van der Waals surface area contributed by atoms with Crippen molar-refractivity contribution in [2.45, 2.75) is 91.3 Å². The van der Waals surface area contributed by atoms with Gasteiger partial charge < -0.3 is 15.3 Å². The second-order valence-electron chi connectivity index (χ2n) is 7.19. The molecule has 0 bridgehead atoms. The van der Waals surface area contributed by atoms with Gasteiger partial charge in [-0.1, -0.05) is 57.9 Å². The minimum Gasteiger partial charge on any atom is -0.481 e. The van der Waals surface area contributed by atoms with Crippen LogP contribution in [0.15, 0.2) is 23.8 Å². The van der Waals surface area contributed by atoms with Gasteiger partial charge in [-0.25, -0.2) is 0 Å². The molecule has 0 fully saturated rings. The molecule has 0 amide bonds. The van der Waals surface area contributed by atoms with Crippen LogP contribution in [0.5, 0.6) is 0 Å². The van der Waals surface area contributed by atoms with Crippen LogP contribution in [0.2, 0.25) is 0 Å². The van der Waals surface area contributed by atoms with E-state index in [4.69, 9.17) is 5.11 Å². The molecule has 0 aromatic heterocycles. The molecule has 0 saturated carbocycles. The Hall–Kier alpha value is -1.13. The molecule has 4 nitrogen and oxygen atoms in total. The molecule has 0 aromatic carbocycles. The van der Waals surface area contributed by atoms with Crippen LogP contribution in [-0.2, 0) is 4.79 Å². The van der Waals surface area contributed by atoms with Gasteiger partial charge in [-0.05, 0) is 50.9 Å². The van der Waals surface area contributed by atoms with Gasteiger partial charge >= 0.3 is 5.97 Å². The molecular weight excluding hydrogens is 316 g/mol. The molecule has 0 saturated heterocycles. The number of allylic oxidation sites excluding steroid dienone is 3. The number of carbonyl (C=O) groups is 1. The van der Waals surface area contributed by atoms with Crippen molar-refractivity contribution < 1.29 is 20.1 Å². The van der Waals surface area contributed by atoms with E-state index in [-0.39, 0.29) is 12.3 Å². The zero-order valence-electron chi connectivity index (χ0n) is 16.7. The molecule has 4 atom stereocenters. The fraction of sp³-hybridized carbons (Fsp3) is 0.762. The van der Waals surface area contributed by atoms with Gasteiger partial charge in [0.25, 0.3) is 0 Å². The van der Waals surface area contributed by atoms with Gasteiger partial charge in [-0.3, -0.25) is 4.79 Å². The molecule has 4 heteroatoms. The van der Waals surface area contributed by atoms with Crippen molar-refractivity contribution in [1.29, 1.82) is 0 Å². The van der Waals surface area contributed by atoms with E-state index < -0.39 is 17.7 Å². The number of carboxylic acid groups (broad SMARTS) is 1. The van der Waals surface area contributed by atoms with Gasteiger partial charge in [0.05, 0.1) is 18.1 Å². The van der Waals surface area contributed by atoms with E-state index in [1.807, 2.05) is 26.8 Å². The lowest BCUT2D eigenvalue weighted by atomic mass is 9.81. The first-order valence-corrected chi connectivity index (χ1v) is 9.68. The van der Waals surface area contributed by atoms with Gasteiger partial charge in [-0.15, -0.1) is 0 Å². The Morgan fingerprint density at radius 3 is 2.20 bits per heavy atom. The first-order valence-electron chi connectivity index (χ1n) is 9.68. The Bertz CT molecular complexity index is 441. The van der Waals surface area contributed by atoms with Gasteiger partial charge in [0.1, 0.15) is 0 Å². The van der Waals surface area contributed by atoms with Gasteiger partial charge in [0.2, 0.25) is 0 Å². The number of aliphatic hydroxyl groups excluding tert-OH is 1. The molecule has 0 aromatic rings. The lowest BCUT2D eigenvalue weighted by molar-refractivity contribution is -0.140. The third kappa shape index (κ3) is 9.81. The maximum absolute atomic E-state index is 11.0. The average Bonchev–Trinajstić information content (AvgIpc) is 2.55. The van der Waals surface area contributed by atoms with Crippen molar-refractivity contribution >= 4 is 5.97 Å². The Kier molecular flexibility index (Phi) is 11.7. The number of rotatable bonds is 13. The van der Waals surface area contributed by atoms with Crippen LogP contribution in [0, 0.1) is 11.8 Å². The van der Waals surface area contributed by atoms with E-state index in [9.17, 15) is 15.0 Å². The van der Waals surface area contributed by atoms with Crippen molar-refractivity contribution in [2.75, 3.05) is 0 Å². The predicted octanol–water partition coefficient (Wildman–Crippen LogP) is 4.71. The summed E-state index contributed by atoms with van der Waals surface area (Å²) in [6.07, 6.45) is 9.70. The van der Waals surface area contributed by atoms with Gasteiger partial charge in [0, 0.05) is 0 Å². The molecule has 0 radical (unpaired) electrons. The summed E-state index contributed by atoms with van der Waals surface area (Å²) in [5, 5.41) is 30.0. The highest BCUT2D eigenvalue weighted by Gasteiger charge is 2.30. The van der Waals surface area contributed by atoms with Crippen molar-refractivity contribution in [1.82, 2.24) is 0 Å². The third-order valence-electron chi connectivity index (χ3n) is 4.95. The number of aliphatic carboxylic acids is 1. The van der Waals surface area contributed by atoms with Crippen molar-refractivity contribution in [2.24, 2.45) is 11.8 Å². The molecule has 0 aliphatic heterocycles. The zero-order valence-corrected chi connectivity index (χ0v) is 16.7. The molecule has 0 aliphatic carbocycles. The van der Waals surface area contributed by atoms with Crippen molar-refractivity contribution in [3.63, 3.8) is 0 Å². The summed E-state index contributed by atoms with van der Waals surface area (Å²) in [5.74, 6) is -0.768. The Labute approximate surface area is 153 Å². The number of aliphatic hydroxyl groups is 2. The lowest BCUT2D eigenvalue weighted by Crippen LogP contribution is -2.34. The highest BCUT2D eigenvalue weighted by Crippen LogP contribution is 2.30. The Balaban J connectivity index is 5.09. The maximum atomic E-state index is 11.0. The van der Waals surface area contributed by atoms with Crippen LogP contribution in [-0.4, -0.2) is 33.0 Å². The first-order chi connectivity index (χ1) is 11.7. The summed E-state index contributed by atoms with van der Waals surface area (Å²) in [5.41, 5.74) is 0.135. The standard InChI is InChI=1S/C21H38O4/c1-6-10-11-17(7-2)12-16(5)14-21(25,9-4)15-18(8-3)19(22)13-20(23)24/h10-11,14,17-19,22,25H,6-9,12-13,15H2,1-5H3,(H,23,24)/b11-10+,16-14+/t17-,18+,19+,21-/m0/s1. The molecular formula is C21H38O4. The van der Waals surface area contributed by atoms with E-state index in [0.717, 1.165) is 24.8 Å². The quantitative estimate of drug-likeness (QED) is 0.419. The van der Waals surface area contributed by atoms with Gasteiger partial charge in [-0.2, -0.15) is 0 Å². The minimum atomic E-state index is -1.01. The largest absolute Gasteiger partial charge is 0.481 e.